The molecule has 0 fully saturated rings. The fourth-order valence-electron chi connectivity index (χ4n) is 1.35. The van der Waals surface area contributed by atoms with Crippen LogP contribution in [-0.4, -0.2) is 15.0 Å². The topological polar surface area (TPSA) is 84.2 Å². The largest absolute Gasteiger partial charge is 0.398 e. The summed E-state index contributed by atoms with van der Waals surface area (Å²) in [6, 6.07) is 3.49. The van der Waals surface area contributed by atoms with Gasteiger partial charge in [0.05, 0.1) is 5.69 Å². The Morgan fingerprint density at radius 2 is 1.94 bits per heavy atom. The summed E-state index contributed by atoms with van der Waals surface area (Å²) in [4.78, 5) is 0. The molecule has 0 aromatic heterocycles. The molecule has 0 atom stereocenters. The standard InChI is InChI=1S/C10H17N3O2S/c1-4-12-16(14,15)13-9-6-5-7(2)10(11)8(9)3/h5-6,12-13H,4,11H2,1-3H3. The lowest BCUT2D eigenvalue weighted by Crippen LogP contribution is -2.30. The second kappa shape index (κ2) is 4.71. The van der Waals surface area contributed by atoms with E-state index in [-0.39, 0.29) is 0 Å². The van der Waals surface area contributed by atoms with Gasteiger partial charge < -0.3 is 5.73 Å². The third-order valence-electron chi connectivity index (χ3n) is 2.31. The number of hydrogen-bond donors (Lipinski definition) is 3. The number of anilines is 2. The third kappa shape index (κ3) is 2.86. The van der Waals surface area contributed by atoms with Crippen LogP contribution in [0.15, 0.2) is 12.1 Å². The maximum absolute atomic E-state index is 11.5. The van der Waals surface area contributed by atoms with Crippen molar-refractivity contribution < 1.29 is 8.42 Å². The molecule has 0 bridgehead atoms. The van der Waals surface area contributed by atoms with E-state index in [1.54, 1.807) is 26.0 Å². The molecule has 90 valence electrons. The Kier molecular flexibility index (Phi) is 3.77. The van der Waals surface area contributed by atoms with Gasteiger partial charge in [-0.3, -0.25) is 4.72 Å². The summed E-state index contributed by atoms with van der Waals surface area (Å²) in [7, 11) is -3.49. The summed E-state index contributed by atoms with van der Waals surface area (Å²) in [5.74, 6) is 0. The van der Waals surface area contributed by atoms with E-state index in [0.717, 1.165) is 11.1 Å². The van der Waals surface area contributed by atoms with Gasteiger partial charge in [0.15, 0.2) is 0 Å². The molecular formula is C10H17N3O2S. The number of nitrogens with two attached hydrogens (primary N) is 1. The summed E-state index contributed by atoms with van der Waals surface area (Å²) in [5, 5.41) is 0. The molecule has 1 rings (SSSR count). The summed E-state index contributed by atoms with van der Waals surface area (Å²) in [6.07, 6.45) is 0. The normalized spacial score (nSPS) is 11.4. The first kappa shape index (κ1) is 12.8. The Bertz CT molecular complexity index is 483. The molecule has 0 aliphatic carbocycles. The molecule has 0 amide bonds. The summed E-state index contributed by atoms with van der Waals surface area (Å²) >= 11 is 0. The first-order valence-corrected chi connectivity index (χ1v) is 6.48. The van der Waals surface area contributed by atoms with Crippen molar-refractivity contribution in [3.63, 3.8) is 0 Å². The van der Waals surface area contributed by atoms with E-state index in [2.05, 4.69) is 9.44 Å². The fourth-order valence-corrected chi connectivity index (χ4v) is 2.31. The van der Waals surface area contributed by atoms with Crippen LogP contribution < -0.4 is 15.2 Å². The van der Waals surface area contributed by atoms with Crippen LogP contribution in [0.5, 0.6) is 0 Å². The smallest absolute Gasteiger partial charge is 0.299 e. The molecular weight excluding hydrogens is 226 g/mol. The highest BCUT2D eigenvalue weighted by Gasteiger charge is 2.11. The first-order chi connectivity index (χ1) is 7.37. The maximum Gasteiger partial charge on any atom is 0.299 e. The van der Waals surface area contributed by atoms with E-state index < -0.39 is 10.2 Å². The minimum absolute atomic E-state index is 0.343. The third-order valence-corrected chi connectivity index (χ3v) is 3.47. The Balaban J connectivity index is 3.04. The molecule has 0 spiro atoms. The molecule has 0 saturated carbocycles. The number of nitrogens with one attached hydrogen (secondary N) is 2. The second-order valence-corrected chi connectivity index (χ2v) is 5.07. The summed E-state index contributed by atoms with van der Waals surface area (Å²) in [5.41, 5.74) is 8.60. The number of benzene rings is 1. The van der Waals surface area contributed by atoms with Gasteiger partial charge in [0.25, 0.3) is 10.2 Å². The van der Waals surface area contributed by atoms with E-state index in [0.29, 0.717) is 17.9 Å². The Morgan fingerprint density at radius 1 is 1.31 bits per heavy atom. The van der Waals surface area contributed by atoms with Crippen LogP contribution in [-0.2, 0) is 10.2 Å². The molecule has 0 aliphatic heterocycles. The van der Waals surface area contributed by atoms with Crippen LogP contribution in [0.25, 0.3) is 0 Å². The Labute approximate surface area is 96.2 Å². The van der Waals surface area contributed by atoms with Crippen LogP contribution in [0.4, 0.5) is 11.4 Å². The molecule has 0 heterocycles. The van der Waals surface area contributed by atoms with Gasteiger partial charge in [-0.15, -0.1) is 0 Å². The lowest BCUT2D eigenvalue weighted by Gasteiger charge is -2.13. The predicted molar refractivity (Wildman–Crippen MR) is 66.5 cm³/mol. The van der Waals surface area contributed by atoms with Crippen molar-refractivity contribution >= 4 is 21.6 Å². The van der Waals surface area contributed by atoms with Gasteiger partial charge in [-0.25, -0.2) is 0 Å². The molecule has 5 nitrogen and oxygen atoms in total. The highest BCUT2D eigenvalue weighted by atomic mass is 32.2. The van der Waals surface area contributed by atoms with Crippen LogP contribution >= 0.6 is 0 Å². The van der Waals surface area contributed by atoms with Crippen LogP contribution in [0.3, 0.4) is 0 Å². The Hall–Kier alpha value is -1.27. The lowest BCUT2D eigenvalue weighted by atomic mass is 10.1. The predicted octanol–water partition coefficient (Wildman–Crippen LogP) is 1.15. The van der Waals surface area contributed by atoms with E-state index in [9.17, 15) is 8.42 Å². The molecule has 6 heteroatoms. The van der Waals surface area contributed by atoms with Crippen LogP contribution in [0.1, 0.15) is 18.1 Å². The van der Waals surface area contributed by atoms with Crippen molar-refractivity contribution in [2.24, 2.45) is 0 Å². The first-order valence-electron chi connectivity index (χ1n) is 5.00. The van der Waals surface area contributed by atoms with Crippen molar-refractivity contribution in [2.75, 3.05) is 17.0 Å². The molecule has 0 saturated heterocycles. The molecule has 0 radical (unpaired) electrons. The van der Waals surface area contributed by atoms with E-state index >= 15 is 0 Å². The zero-order valence-corrected chi connectivity index (χ0v) is 10.5. The number of aryl methyl sites for hydroxylation is 1. The molecule has 1 aromatic carbocycles. The van der Waals surface area contributed by atoms with Gasteiger partial charge >= 0.3 is 0 Å². The number of hydrogen-bond acceptors (Lipinski definition) is 3. The highest BCUT2D eigenvalue weighted by molar-refractivity contribution is 7.90. The van der Waals surface area contributed by atoms with E-state index in [4.69, 9.17) is 5.73 Å². The molecule has 1 aromatic rings. The van der Waals surface area contributed by atoms with Gasteiger partial charge in [-0.05, 0) is 31.0 Å². The van der Waals surface area contributed by atoms with Gasteiger partial charge in [0, 0.05) is 12.2 Å². The average Bonchev–Trinajstić information content (AvgIpc) is 2.19. The lowest BCUT2D eigenvalue weighted by molar-refractivity contribution is 0.589. The van der Waals surface area contributed by atoms with Crippen LogP contribution in [0, 0.1) is 13.8 Å². The zero-order valence-electron chi connectivity index (χ0n) is 9.66. The zero-order chi connectivity index (χ0) is 12.3. The van der Waals surface area contributed by atoms with Gasteiger partial charge in [0.1, 0.15) is 0 Å². The highest BCUT2D eigenvalue weighted by Crippen LogP contribution is 2.24. The maximum atomic E-state index is 11.5. The van der Waals surface area contributed by atoms with Crippen molar-refractivity contribution in [2.45, 2.75) is 20.8 Å². The average molecular weight is 243 g/mol. The van der Waals surface area contributed by atoms with Crippen molar-refractivity contribution in [3.05, 3.63) is 23.3 Å². The summed E-state index contributed by atoms with van der Waals surface area (Å²) in [6.45, 7) is 5.72. The molecule has 0 unspecified atom stereocenters. The minimum atomic E-state index is -3.49. The number of rotatable bonds is 4. The second-order valence-electron chi connectivity index (χ2n) is 3.57. The fraction of sp³-hybridized carbons (Fsp3) is 0.400. The molecule has 0 aliphatic rings. The molecule has 16 heavy (non-hydrogen) atoms. The van der Waals surface area contributed by atoms with Crippen molar-refractivity contribution in [1.82, 2.24) is 4.72 Å². The number of nitrogen functional groups attached to an aromatic ring is 1. The van der Waals surface area contributed by atoms with Gasteiger partial charge in [-0.2, -0.15) is 13.1 Å². The van der Waals surface area contributed by atoms with Gasteiger partial charge in [-0.1, -0.05) is 13.0 Å². The van der Waals surface area contributed by atoms with Gasteiger partial charge in [0.2, 0.25) is 0 Å². The summed E-state index contributed by atoms with van der Waals surface area (Å²) < 4.78 is 27.8. The monoisotopic (exact) mass is 243 g/mol. The van der Waals surface area contributed by atoms with Crippen molar-refractivity contribution in [1.29, 1.82) is 0 Å². The van der Waals surface area contributed by atoms with E-state index in [1.807, 2.05) is 6.92 Å². The minimum Gasteiger partial charge on any atom is -0.398 e. The quantitative estimate of drug-likeness (QED) is 0.694. The van der Waals surface area contributed by atoms with Crippen molar-refractivity contribution in [3.8, 4) is 0 Å². The molecule has 4 N–H and O–H groups in total. The van der Waals surface area contributed by atoms with E-state index in [1.165, 1.54) is 0 Å². The van der Waals surface area contributed by atoms with Crippen LogP contribution in [0.2, 0.25) is 0 Å². The Morgan fingerprint density at radius 3 is 2.50 bits per heavy atom. The SMILES string of the molecule is CCNS(=O)(=O)Nc1ccc(C)c(N)c1C.